The number of ether oxygens (including phenoxy) is 1. The van der Waals surface area contributed by atoms with Crippen LogP contribution in [0.3, 0.4) is 0 Å². The van der Waals surface area contributed by atoms with Crippen LogP contribution in [0.1, 0.15) is 34.1 Å². The Labute approximate surface area is 123 Å². The molecule has 0 saturated heterocycles. The second kappa shape index (κ2) is 5.87. The number of hydrogen-bond acceptors (Lipinski definition) is 2. The van der Waals surface area contributed by atoms with E-state index in [2.05, 4.69) is 19.2 Å². The van der Waals surface area contributed by atoms with Crippen LogP contribution in [0, 0.1) is 28.8 Å². The fourth-order valence-electron chi connectivity index (χ4n) is 2.57. The Balaban J connectivity index is 2.03. The van der Waals surface area contributed by atoms with Gasteiger partial charge in [-0.1, -0.05) is 27.7 Å². The van der Waals surface area contributed by atoms with Crippen LogP contribution in [-0.2, 0) is 4.74 Å². The molecule has 2 nitrogen and oxygen atoms in total. The van der Waals surface area contributed by atoms with Gasteiger partial charge in [-0.2, -0.15) is 0 Å². The van der Waals surface area contributed by atoms with Crippen molar-refractivity contribution < 1.29 is 17.9 Å². The molecule has 0 radical (unpaired) electrons. The molecule has 2 unspecified atom stereocenters. The van der Waals surface area contributed by atoms with Gasteiger partial charge in [-0.15, -0.1) is 0 Å². The largest absolute Gasteiger partial charge is 0.379 e. The molecule has 1 aliphatic rings. The van der Waals surface area contributed by atoms with Crippen molar-refractivity contribution in [2.45, 2.75) is 46.3 Å². The molecule has 0 heterocycles. The fourth-order valence-corrected chi connectivity index (χ4v) is 2.57. The van der Waals surface area contributed by atoms with Crippen molar-refractivity contribution in [1.82, 2.24) is 0 Å². The third kappa shape index (κ3) is 3.34. The Morgan fingerprint density at radius 3 is 2.52 bits per heavy atom. The van der Waals surface area contributed by atoms with E-state index < -0.39 is 17.5 Å². The average Bonchev–Trinajstić information content (AvgIpc) is 2.37. The highest BCUT2D eigenvalue weighted by Gasteiger charge is 2.49. The molecule has 5 heteroatoms. The van der Waals surface area contributed by atoms with Gasteiger partial charge in [0.1, 0.15) is 5.82 Å². The second-order valence-electron chi connectivity index (χ2n) is 6.72. The van der Waals surface area contributed by atoms with Crippen LogP contribution in [0.4, 0.5) is 18.9 Å². The number of hydrogen-bond donors (Lipinski definition) is 1. The molecule has 0 amide bonds. The molecule has 1 aromatic rings. The number of rotatable bonds is 5. The van der Waals surface area contributed by atoms with Crippen molar-refractivity contribution in [3.63, 3.8) is 0 Å². The van der Waals surface area contributed by atoms with Crippen LogP contribution < -0.4 is 5.32 Å². The molecule has 1 aliphatic carbocycles. The predicted molar refractivity (Wildman–Crippen MR) is 76.7 cm³/mol. The molecule has 1 fully saturated rings. The zero-order valence-corrected chi connectivity index (χ0v) is 12.8. The summed E-state index contributed by atoms with van der Waals surface area (Å²) in [5.41, 5.74) is -0.350. The summed E-state index contributed by atoms with van der Waals surface area (Å²) in [4.78, 5) is 0. The summed E-state index contributed by atoms with van der Waals surface area (Å²) in [6.45, 7) is 8.84. The maximum Gasteiger partial charge on any atom is 0.182 e. The quantitative estimate of drug-likeness (QED) is 0.816. The zero-order chi connectivity index (χ0) is 15.8. The first-order valence-corrected chi connectivity index (χ1v) is 7.24. The molecule has 0 aromatic heterocycles. The molecular formula is C16H22F3NO. The van der Waals surface area contributed by atoms with Crippen molar-refractivity contribution >= 4 is 5.69 Å². The second-order valence-corrected chi connectivity index (χ2v) is 6.72. The van der Waals surface area contributed by atoms with Crippen molar-refractivity contribution in [1.29, 1.82) is 0 Å². The van der Waals surface area contributed by atoms with Gasteiger partial charge in [-0.25, -0.2) is 13.2 Å². The van der Waals surface area contributed by atoms with Gasteiger partial charge in [0.2, 0.25) is 0 Å². The molecule has 1 saturated carbocycles. The van der Waals surface area contributed by atoms with Crippen LogP contribution in [0.15, 0.2) is 12.1 Å². The van der Waals surface area contributed by atoms with Crippen molar-refractivity contribution in [3.8, 4) is 0 Å². The van der Waals surface area contributed by atoms with E-state index in [0.717, 1.165) is 6.07 Å². The lowest BCUT2D eigenvalue weighted by Gasteiger charge is -2.52. The van der Waals surface area contributed by atoms with Gasteiger partial charge in [0, 0.05) is 30.2 Å². The molecule has 1 N–H and O–H groups in total. The predicted octanol–water partition coefficient (Wildman–Crippen LogP) is 4.36. The van der Waals surface area contributed by atoms with Crippen LogP contribution in [0.25, 0.3) is 0 Å². The Hall–Kier alpha value is -1.23. The normalized spacial score (nSPS) is 24.0. The summed E-state index contributed by atoms with van der Waals surface area (Å²) in [5.74, 6) is -2.57. The molecule has 0 bridgehead atoms. The minimum absolute atomic E-state index is 0.0684. The molecule has 0 spiro atoms. The summed E-state index contributed by atoms with van der Waals surface area (Å²) >= 11 is 0. The van der Waals surface area contributed by atoms with Crippen molar-refractivity contribution in [3.05, 3.63) is 29.6 Å². The van der Waals surface area contributed by atoms with Gasteiger partial charge in [-0.3, -0.25) is 0 Å². The van der Waals surface area contributed by atoms with Crippen LogP contribution in [0.2, 0.25) is 0 Å². The lowest BCUT2D eigenvalue weighted by atomic mass is 9.64. The van der Waals surface area contributed by atoms with Crippen LogP contribution in [-0.4, -0.2) is 18.8 Å². The first-order valence-electron chi connectivity index (χ1n) is 7.24. The van der Waals surface area contributed by atoms with E-state index >= 15 is 0 Å². The van der Waals surface area contributed by atoms with E-state index in [-0.39, 0.29) is 23.2 Å². The van der Waals surface area contributed by atoms with Gasteiger partial charge in [0.25, 0.3) is 0 Å². The van der Waals surface area contributed by atoms with Gasteiger partial charge in [0.15, 0.2) is 11.6 Å². The van der Waals surface area contributed by atoms with E-state index in [9.17, 15) is 13.2 Å². The summed E-state index contributed by atoms with van der Waals surface area (Å²) in [6, 6.07) is 1.45. The Morgan fingerprint density at radius 2 is 1.95 bits per heavy atom. The van der Waals surface area contributed by atoms with Crippen molar-refractivity contribution in [2.75, 3.05) is 11.9 Å². The van der Waals surface area contributed by atoms with Gasteiger partial charge >= 0.3 is 0 Å². The van der Waals surface area contributed by atoms with E-state index in [4.69, 9.17) is 4.74 Å². The number of nitrogens with one attached hydrogen (secondary N) is 1. The highest BCUT2D eigenvalue weighted by atomic mass is 19.2. The van der Waals surface area contributed by atoms with E-state index in [1.165, 1.54) is 0 Å². The first-order chi connectivity index (χ1) is 9.71. The molecule has 2 atom stereocenters. The monoisotopic (exact) mass is 301 g/mol. The van der Waals surface area contributed by atoms with Crippen LogP contribution in [0.5, 0.6) is 0 Å². The average molecular weight is 301 g/mol. The maximum atomic E-state index is 13.7. The first kappa shape index (κ1) is 16.1. The molecule has 2 rings (SSSR count). The summed E-state index contributed by atoms with van der Waals surface area (Å²) in [5, 5.41) is 2.90. The van der Waals surface area contributed by atoms with Gasteiger partial charge in [0.05, 0.1) is 11.8 Å². The highest BCUT2D eigenvalue weighted by molar-refractivity contribution is 5.47. The molecular weight excluding hydrogens is 279 g/mol. The standard InChI is InChI=1S/C16H22F3NO/c1-9(2)8-21-14-7-13(16(14,3)4)20-12-6-10(17)5-11(18)15(12)19/h5-6,9,13-14,20H,7-8H2,1-4H3. The zero-order valence-electron chi connectivity index (χ0n) is 12.8. The van der Waals surface area contributed by atoms with Gasteiger partial charge in [-0.05, 0) is 12.3 Å². The third-order valence-electron chi connectivity index (χ3n) is 4.13. The smallest absolute Gasteiger partial charge is 0.182 e. The van der Waals surface area contributed by atoms with E-state index in [1.54, 1.807) is 0 Å². The molecule has 21 heavy (non-hydrogen) atoms. The molecule has 118 valence electrons. The third-order valence-corrected chi connectivity index (χ3v) is 4.13. The fraction of sp³-hybridized carbons (Fsp3) is 0.625. The number of anilines is 1. The maximum absolute atomic E-state index is 13.7. The van der Waals surface area contributed by atoms with Gasteiger partial charge < -0.3 is 10.1 Å². The summed E-state index contributed by atoms with van der Waals surface area (Å²) in [6.07, 6.45) is 0.760. The SMILES string of the molecule is CC(C)COC1CC(Nc2cc(F)cc(F)c2F)C1(C)C. The van der Waals surface area contributed by atoms with E-state index in [1.807, 2.05) is 13.8 Å². The summed E-state index contributed by atoms with van der Waals surface area (Å²) in [7, 11) is 0. The minimum Gasteiger partial charge on any atom is -0.379 e. The minimum atomic E-state index is -1.18. The number of halogens is 3. The molecule has 0 aliphatic heterocycles. The number of benzene rings is 1. The van der Waals surface area contributed by atoms with E-state index in [0.29, 0.717) is 25.0 Å². The topological polar surface area (TPSA) is 21.3 Å². The lowest BCUT2D eigenvalue weighted by molar-refractivity contribution is -0.108. The van der Waals surface area contributed by atoms with Crippen LogP contribution >= 0.6 is 0 Å². The highest BCUT2D eigenvalue weighted by Crippen LogP contribution is 2.44. The van der Waals surface area contributed by atoms with Crippen molar-refractivity contribution in [2.24, 2.45) is 11.3 Å². The Kier molecular flexibility index (Phi) is 4.51. The Morgan fingerprint density at radius 1 is 1.29 bits per heavy atom. The Bertz CT molecular complexity index is 516. The molecule has 1 aromatic carbocycles. The summed E-state index contributed by atoms with van der Waals surface area (Å²) < 4.78 is 45.9. The lowest BCUT2D eigenvalue weighted by Crippen LogP contribution is -2.58.